The van der Waals surface area contributed by atoms with Gasteiger partial charge in [-0.15, -0.1) is 10.2 Å². The number of fused-ring (bicyclic) bond motifs is 1. The molecule has 0 amide bonds. The molecule has 2 aromatic rings. The van der Waals surface area contributed by atoms with Crippen LogP contribution in [0.5, 0.6) is 5.75 Å². The summed E-state index contributed by atoms with van der Waals surface area (Å²) in [6.07, 6.45) is 2.81. The lowest BCUT2D eigenvalue weighted by molar-refractivity contribution is 0.415. The van der Waals surface area contributed by atoms with E-state index in [1.165, 1.54) is 0 Å². The van der Waals surface area contributed by atoms with E-state index in [0.29, 0.717) is 5.03 Å². The lowest BCUT2D eigenvalue weighted by Crippen LogP contribution is -2.18. The molecule has 7 heteroatoms. The van der Waals surface area contributed by atoms with Gasteiger partial charge in [0.2, 0.25) is 5.16 Å². The highest BCUT2D eigenvalue weighted by Gasteiger charge is 2.24. The fourth-order valence-corrected chi connectivity index (χ4v) is 3.32. The van der Waals surface area contributed by atoms with Gasteiger partial charge in [-0.25, -0.2) is 4.68 Å². The highest BCUT2D eigenvalue weighted by molar-refractivity contribution is 8.00. The normalized spacial score (nSPS) is 17.5. The van der Waals surface area contributed by atoms with Crippen molar-refractivity contribution in [1.29, 1.82) is 0 Å². The molecule has 0 aliphatic carbocycles. The van der Waals surface area contributed by atoms with Crippen molar-refractivity contribution in [3.8, 4) is 5.75 Å². The number of benzene rings is 1. The summed E-state index contributed by atoms with van der Waals surface area (Å²) in [5.41, 5.74) is 4.28. The molecule has 0 saturated heterocycles. The molecule has 1 aromatic heterocycles. The van der Waals surface area contributed by atoms with E-state index >= 15 is 0 Å². The van der Waals surface area contributed by atoms with E-state index in [1.807, 2.05) is 35.0 Å². The van der Waals surface area contributed by atoms with E-state index in [0.717, 1.165) is 28.7 Å². The van der Waals surface area contributed by atoms with Crippen LogP contribution in [-0.4, -0.2) is 27.4 Å². The fraction of sp³-hybridized carbons (Fsp3) is 0.286. The SMILES string of the molecule is CCc1nnc2n1NC(/C=C(\Cl)c1ccc(OC)cc1)S2. The highest BCUT2D eigenvalue weighted by Crippen LogP contribution is 2.31. The van der Waals surface area contributed by atoms with Gasteiger partial charge in [0, 0.05) is 11.5 Å². The summed E-state index contributed by atoms with van der Waals surface area (Å²) in [6.45, 7) is 2.05. The van der Waals surface area contributed by atoms with Gasteiger partial charge in [-0.1, -0.05) is 30.3 Å². The predicted molar refractivity (Wildman–Crippen MR) is 85.2 cm³/mol. The molecule has 2 heterocycles. The Kier molecular flexibility index (Phi) is 4.07. The number of aromatic nitrogens is 3. The van der Waals surface area contributed by atoms with Gasteiger partial charge in [0.1, 0.15) is 11.1 Å². The molecule has 1 unspecified atom stereocenters. The summed E-state index contributed by atoms with van der Waals surface area (Å²) in [6, 6.07) is 7.67. The molecular weight excluding hydrogens is 308 g/mol. The Hall–Kier alpha value is -1.66. The molecule has 0 spiro atoms. The first kappa shape index (κ1) is 14.3. The van der Waals surface area contributed by atoms with Crippen molar-refractivity contribution in [2.75, 3.05) is 12.5 Å². The third kappa shape index (κ3) is 2.87. The summed E-state index contributed by atoms with van der Waals surface area (Å²) in [5, 5.41) is 9.87. The zero-order valence-corrected chi connectivity index (χ0v) is 13.3. The Morgan fingerprint density at radius 1 is 1.43 bits per heavy atom. The van der Waals surface area contributed by atoms with Crippen LogP contribution < -0.4 is 10.2 Å². The number of nitrogens with zero attached hydrogens (tertiary/aromatic N) is 3. The molecule has 1 aromatic carbocycles. The van der Waals surface area contributed by atoms with Crippen LogP contribution >= 0.6 is 23.4 Å². The molecule has 5 nitrogen and oxygen atoms in total. The molecule has 21 heavy (non-hydrogen) atoms. The van der Waals surface area contributed by atoms with E-state index in [1.54, 1.807) is 18.9 Å². The first-order valence-electron chi connectivity index (χ1n) is 6.60. The van der Waals surface area contributed by atoms with Crippen molar-refractivity contribution in [3.63, 3.8) is 0 Å². The lowest BCUT2D eigenvalue weighted by atomic mass is 10.2. The second kappa shape index (κ2) is 5.99. The Morgan fingerprint density at radius 3 is 2.86 bits per heavy atom. The Morgan fingerprint density at radius 2 is 2.19 bits per heavy atom. The molecule has 1 atom stereocenters. The first-order chi connectivity index (χ1) is 10.2. The van der Waals surface area contributed by atoms with Crippen LogP contribution in [0.2, 0.25) is 0 Å². The maximum atomic E-state index is 6.39. The number of rotatable bonds is 4. The number of hydrogen-bond acceptors (Lipinski definition) is 5. The summed E-state index contributed by atoms with van der Waals surface area (Å²) < 4.78 is 7.06. The minimum atomic E-state index is 0.0513. The smallest absolute Gasteiger partial charge is 0.212 e. The van der Waals surface area contributed by atoms with Crippen molar-refractivity contribution >= 4 is 28.4 Å². The van der Waals surface area contributed by atoms with Crippen molar-refractivity contribution in [2.24, 2.45) is 0 Å². The summed E-state index contributed by atoms with van der Waals surface area (Å²) >= 11 is 7.98. The third-order valence-corrected chi connectivity index (χ3v) is 4.48. The quantitative estimate of drug-likeness (QED) is 0.937. The predicted octanol–water partition coefficient (Wildman–Crippen LogP) is 3.10. The fourth-order valence-electron chi connectivity index (χ4n) is 2.05. The molecule has 0 radical (unpaired) electrons. The van der Waals surface area contributed by atoms with E-state index in [2.05, 4.69) is 22.5 Å². The Labute approximate surface area is 132 Å². The molecule has 0 fully saturated rings. The summed E-state index contributed by atoms with van der Waals surface area (Å²) in [4.78, 5) is 0. The molecule has 1 aliphatic heterocycles. The number of halogens is 1. The van der Waals surface area contributed by atoms with Crippen LogP contribution in [-0.2, 0) is 6.42 Å². The zero-order valence-electron chi connectivity index (χ0n) is 11.7. The number of methoxy groups -OCH3 is 1. The van der Waals surface area contributed by atoms with E-state index in [-0.39, 0.29) is 5.37 Å². The monoisotopic (exact) mass is 322 g/mol. The van der Waals surface area contributed by atoms with Gasteiger partial charge in [0.15, 0.2) is 5.82 Å². The van der Waals surface area contributed by atoms with Crippen molar-refractivity contribution in [3.05, 3.63) is 41.7 Å². The molecule has 3 rings (SSSR count). The number of thioether (sulfide) groups is 1. The van der Waals surface area contributed by atoms with Crippen LogP contribution in [0.1, 0.15) is 18.3 Å². The molecule has 0 saturated carbocycles. The van der Waals surface area contributed by atoms with Gasteiger partial charge >= 0.3 is 0 Å². The molecule has 0 bridgehead atoms. The largest absolute Gasteiger partial charge is 0.497 e. The Bertz CT molecular complexity index is 668. The van der Waals surface area contributed by atoms with Gasteiger partial charge in [-0.3, -0.25) is 0 Å². The van der Waals surface area contributed by atoms with E-state index in [9.17, 15) is 0 Å². The second-order valence-electron chi connectivity index (χ2n) is 4.50. The van der Waals surface area contributed by atoms with Crippen molar-refractivity contribution < 1.29 is 4.74 Å². The maximum Gasteiger partial charge on any atom is 0.212 e. The lowest BCUT2D eigenvalue weighted by Gasteiger charge is -2.08. The minimum absolute atomic E-state index is 0.0513. The standard InChI is InChI=1S/C14H15ClN4OS/c1-3-12-16-17-14-19(12)18-13(21-14)8-11(15)9-4-6-10(20-2)7-5-9/h4-8,13,18H,3H2,1-2H3/b11-8-. The topological polar surface area (TPSA) is 52.0 Å². The highest BCUT2D eigenvalue weighted by atomic mass is 35.5. The van der Waals surface area contributed by atoms with Crippen molar-refractivity contribution in [1.82, 2.24) is 14.9 Å². The van der Waals surface area contributed by atoms with Gasteiger partial charge in [0.25, 0.3) is 0 Å². The van der Waals surface area contributed by atoms with Crippen LogP contribution in [0, 0.1) is 0 Å². The minimum Gasteiger partial charge on any atom is -0.497 e. The van der Waals surface area contributed by atoms with Crippen LogP contribution in [0.4, 0.5) is 0 Å². The van der Waals surface area contributed by atoms with E-state index in [4.69, 9.17) is 16.3 Å². The number of aryl methyl sites for hydroxylation is 1. The summed E-state index contributed by atoms with van der Waals surface area (Å²) in [5.74, 6) is 1.74. The first-order valence-corrected chi connectivity index (χ1v) is 7.86. The number of hydrogen-bond donors (Lipinski definition) is 1. The van der Waals surface area contributed by atoms with Crippen LogP contribution in [0.25, 0.3) is 5.03 Å². The number of ether oxygens (including phenoxy) is 1. The third-order valence-electron chi connectivity index (χ3n) is 3.17. The summed E-state index contributed by atoms with van der Waals surface area (Å²) in [7, 11) is 1.65. The number of nitrogens with one attached hydrogen (secondary N) is 1. The van der Waals surface area contributed by atoms with Crippen LogP contribution in [0.3, 0.4) is 0 Å². The van der Waals surface area contributed by atoms with Gasteiger partial charge in [0.05, 0.1) is 7.11 Å². The van der Waals surface area contributed by atoms with E-state index < -0.39 is 0 Å². The van der Waals surface area contributed by atoms with Crippen molar-refractivity contribution in [2.45, 2.75) is 23.9 Å². The van der Waals surface area contributed by atoms with Crippen LogP contribution in [0.15, 0.2) is 35.5 Å². The second-order valence-corrected chi connectivity index (χ2v) is 6.01. The maximum absolute atomic E-state index is 6.39. The van der Waals surface area contributed by atoms with Gasteiger partial charge in [-0.05, 0) is 35.9 Å². The Balaban J connectivity index is 1.75. The van der Waals surface area contributed by atoms with Gasteiger partial charge < -0.3 is 10.2 Å². The average Bonchev–Trinajstić information content (AvgIpc) is 3.06. The molecule has 1 N–H and O–H groups in total. The molecular formula is C14H15ClN4OS. The molecule has 110 valence electrons. The zero-order chi connectivity index (χ0) is 14.8. The molecule has 1 aliphatic rings. The van der Waals surface area contributed by atoms with Gasteiger partial charge in [-0.2, -0.15) is 0 Å². The average molecular weight is 323 g/mol.